The number of hydrogen-bond acceptors (Lipinski definition) is 2. The molecule has 0 spiro atoms. The van der Waals surface area contributed by atoms with E-state index < -0.39 is 0 Å². The molecule has 1 aromatic carbocycles. The van der Waals surface area contributed by atoms with E-state index in [0.717, 1.165) is 11.0 Å². The number of nitrogens with zero attached hydrogens (tertiary/aromatic N) is 1. The van der Waals surface area contributed by atoms with E-state index in [-0.39, 0.29) is 11.8 Å². The lowest BCUT2D eigenvalue weighted by molar-refractivity contribution is -0.113. The van der Waals surface area contributed by atoms with Gasteiger partial charge in [0.2, 0.25) is 5.91 Å². The van der Waals surface area contributed by atoms with E-state index in [1.54, 1.807) is 18.5 Å². The zero-order chi connectivity index (χ0) is 9.97. The summed E-state index contributed by atoms with van der Waals surface area (Å²) < 4.78 is 0. The number of aromatic amines is 1. The number of H-pyrrole nitrogens is 1. The van der Waals surface area contributed by atoms with Crippen LogP contribution in [0.5, 0.6) is 0 Å². The van der Waals surface area contributed by atoms with E-state index in [1.165, 1.54) is 0 Å². The van der Waals surface area contributed by atoms with Crippen molar-refractivity contribution in [3.8, 4) is 0 Å². The Labute approximate surface area is 85.3 Å². The number of halogens is 1. The predicted molar refractivity (Wildman–Crippen MR) is 55.4 cm³/mol. The maximum absolute atomic E-state index is 11.0. The molecule has 2 rings (SSSR count). The highest BCUT2D eigenvalue weighted by molar-refractivity contribution is 6.29. The van der Waals surface area contributed by atoms with Crippen molar-refractivity contribution in [2.75, 3.05) is 11.2 Å². The second kappa shape index (κ2) is 3.67. The second-order valence-electron chi connectivity index (χ2n) is 2.82. The zero-order valence-electron chi connectivity index (χ0n) is 7.25. The Morgan fingerprint density at radius 1 is 1.57 bits per heavy atom. The number of nitrogens with one attached hydrogen (secondary N) is 2. The molecular formula is C9H8ClN3O. The molecule has 0 bridgehead atoms. The van der Waals surface area contributed by atoms with Gasteiger partial charge in [-0.3, -0.25) is 4.79 Å². The summed E-state index contributed by atoms with van der Waals surface area (Å²) in [4.78, 5) is 18.0. The van der Waals surface area contributed by atoms with Crippen LogP contribution in [0.2, 0.25) is 0 Å². The Balaban J connectivity index is 2.30. The summed E-state index contributed by atoms with van der Waals surface area (Å²) in [5.41, 5.74) is 2.46. The standard InChI is InChI=1S/C9H8ClN3O/c10-4-9(14)13-6-1-2-7-8(3-6)12-5-11-7/h1-3,5H,4H2,(H,11,12)(H,13,14). The summed E-state index contributed by atoms with van der Waals surface area (Å²) in [6.07, 6.45) is 1.61. The number of fused-ring (bicyclic) bond motifs is 1. The first-order chi connectivity index (χ1) is 6.79. The summed E-state index contributed by atoms with van der Waals surface area (Å²) in [5, 5.41) is 2.65. The van der Waals surface area contributed by atoms with E-state index in [0.29, 0.717) is 5.69 Å². The average molecular weight is 210 g/mol. The number of aromatic nitrogens is 2. The molecule has 72 valence electrons. The summed E-state index contributed by atoms with van der Waals surface area (Å²) in [6, 6.07) is 5.44. The van der Waals surface area contributed by atoms with Gasteiger partial charge in [0.05, 0.1) is 17.4 Å². The molecule has 0 aliphatic rings. The highest BCUT2D eigenvalue weighted by Gasteiger charge is 2.01. The van der Waals surface area contributed by atoms with Gasteiger partial charge in [0.1, 0.15) is 5.88 Å². The summed E-state index contributed by atoms with van der Waals surface area (Å²) in [5.74, 6) is -0.264. The van der Waals surface area contributed by atoms with Gasteiger partial charge in [-0.25, -0.2) is 4.98 Å². The molecule has 0 unspecified atom stereocenters. The first-order valence-corrected chi connectivity index (χ1v) is 4.62. The van der Waals surface area contributed by atoms with Crippen LogP contribution < -0.4 is 5.32 Å². The lowest BCUT2D eigenvalue weighted by Crippen LogP contribution is -2.12. The zero-order valence-corrected chi connectivity index (χ0v) is 8.01. The maximum Gasteiger partial charge on any atom is 0.239 e. The van der Waals surface area contributed by atoms with Crippen molar-refractivity contribution in [2.45, 2.75) is 0 Å². The Kier molecular flexibility index (Phi) is 2.37. The fraction of sp³-hybridized carbons (Fsp3) is 0.111. The van der Waals surface area contributed by atoms with Crippen LogP contribution in [0.1, 0.15) is 0 Å². The number of rotatable bonds is 2. The minimum Gasteiger partial charge on any atom is -0.345 e. The molecule has 1 amide bonds. The Hall–Kier alpha value is -1.55. The van der Waals surface area contributed by atoms with Crippen molar-refractivity contribution in [3.05, 3.63) is 24.5 Å². The van der Waals surface area contributed by atoms with Gasteiger partial charge in [0, 0.05) is 5.69 Å². The fourth-order valence-corrected chi connectivity index (χ4v) is 1.27. The van der Waals surface area contributed by atoms with Crippen molar-refractivity contribution >= 4 is 34.2 Å². The number of hydrogen-bond donors (Lipinski definition) is 2. The first-order valence-electron chi connectivity index (χ1n) is 4.08. The van der Waals surface area contributed by atoms with E-state index in [9.17, 15) is 4.79 Å². The van der Waals surface area contributed by atoms with Crippen LogP contribution in [-0.2, 0) is 4.79 Å². The van der Waals surface area contributed by atoms with Gasteiger partial charge in [-0.05, 0) is 18.2 Å². The summed E-state index contributed by atoms with van der Waals surface area (Å²) >= 11 is 5.37. The highest BCUT2D eigenvalue weighted by Crippen LogP contribution is 2.15. The highest BCUT2D eigenvalue weighted by atomic mass is 35.5. The topological polar surface area (TPSA) is 57.8 Å². The van der Waals surface area contributed by atoms with E-state index >= 15 is 0 Å². The third-order valence-electron chi connectivity index (χ3n) is 1.83. The van der Waals surface area contributed by atoms with E-state index in [2.05, 4.69) is 15.3 Å². The molecule has 0 atom stereocenters. The second-order valence-corrected chi connectivity index (χ2v) is 3.08. The number of amides is 1. The monoisotopic (exact) mass is 209 g/mol. The van der Waals surface area contributed by atoms with Gasteiger partial charge in [-0.2, -0.15) is 0 Å². The van der Waals surface area contributed by atoms with E-state index in [4.69, 9.17) is 11.6 Å². The van der Waals surface area contributed by atoms with Crippen LogP contribution in [0.3, 0.4) is 0 Å². The molecule has 1 aromatic heterocycles. The number of alkyl halides is 1. The van der Waals surface area contributed by atoms with Gasteiger partial charge in [-0.1, -0.05) is 0 Å². The lowest BCUT2D eigenvalue weighted by Gasteiger charge is -2.01. The van der Waals surface area contributed by atoms with Crippen molar-refractivity contribution < 1.29 is 4.79 Å². The van der Waals surface area contributed by atoms with Crippen LogP contribution >= 0.6 is 11.6 Å². The Bertz CT molecular complexity index is 466. The average Bonchev–Trinajstić information content (AvgIpc) is 2.64. The molecule has 0 radical (unpaired) electrons. The minimum atomic E-state index is -0.221. The number of imidazole rings is 1. The Morgan fingerprint density at radius 2 is 2.43 bits per heavy atom. The van der Waals surface area contributed by atoms with Crippen LogP contribution in [-0.4, -0.2) is 21.8 Å². The SMILES string of the molecule is O=C(CCl)Nc1ccc2[nH]cnc2c1. The van der Waals surface area contributed by atoms with Gasteiger partial charge in [-0.15, -0.1) is 11.6 Å². The molecule has 0 fully saturated rings. The molecular weight excluding hydrogens is 202 g/mol. The third kappa shape index (κ3) is 1.70. The number of carbonyl (C=O) groups excluding carboxylic acids is 1. The molecule has 0 saturated heterocycles. The van der Waals surface area contributed by atoms with Crippen LogP contribution in [0.15, 0.2) is 24.5 Å². The molecule has 0 aliphatic heterocycles. The van der Waals surface area contributed by atoms with Crippen LogP contribution in [0.25, 0.3) is 11.0 Å². The van der Waals surface area contributed by atoms with Crippen molar-refractivity contribution in [1.29, 1.82) is 0 Å². The van der Waals surface area contributed by atoms with Gasteiger partial charge >= 0.3 is 0 Å². The molecule has 1 heterocycles. The normalized spacial score (nSPS) is 10.4. The van der Waals surface area contributed by atoms with Crippen molar-refractivity contribution in [3.63, 3.8) is 0 Å². The van der Waals surface area contributed by atoms with Crippen LogP contribution in [0.4, 0.5) is 5.69 Å². The number of anilines is 1. The lowest BCUT2D eigenvalue weighted by atomic mass is 10.3. The van der Waals surface area contributed by atoms with Crippen molar-refractivity contribution in [2.24, 2.45) is 0 Å². The molecule has 14 heavy (non-hydrogen) atoms. The molecule has 5 heteroatoms. The molecule has 4 nitrogen and oxygen atoms in total. The molecule has 0 aliphatic carbocycles. The number of carbonyl (C=O) groups is 1. The molecule has 2 aromatic rings. The van der Waals surface area contributed by atoms with Crippen LogP contribution in [0, 0.1) is 0 Å². The minimum absolute atomic E-state index is 0.0431. The fourth-order valence-electron chi connectivity index (χ4n) is 1.20. The first kappa shape index (κ1) is 9.02. The Morgan fingerprint density at radius 3 is 3.21 bits per heavy atom. The summed E-state index contributed by atoms with van der Waals surface area (Å²) in [6.45, 7) is 0. The van der Waals surface area contributed by atoms with E-state index in [1.807, 2.05) is 6.07 Å². The molecule has 0 saturated carbocycles. The largest absolute Gasteiger partial charge is 0.345 e. The van der Waals surface area contributed by atoms with Gasteiger partial charge < -0.3 is 10.3 Å². The molecule has 2 N–H and O–H groups in total. The predicted octanol–water partition coefficient (Wildman–Crippen LogP) is 1.74. The quantitative estimate of drug-likeness (QED) is 0.741. The van der Waals surface area contributed by atoms with Gasteiger partial charge in [0.15, 0.2) is 0 Å². The summed E-state index contributed by atoms with van der Waals surface area (Å²) in [7, 11) is 0. The third-order valence-corrected chi connectivity index (χ3v) is 2.07. The number of benzene rings is 1. The van der Waals surface area contributed by atoms with Crippen molar-refractivity contribution in [1.82, 2.24) is 9.97 Å². The maximum atomic E-state index is 11.0. The van der Waals surface area contributed by atoms with Gasteiger partial charge in [0.25, 0.3) is 0 Å². The smallest absolute Gasteiger partial charge is 0.239 e.